The standard InChI is InChI=1S/C59H73N11O7S/c1-34(2)55(59(74)69-32-45(71)26-50(69)58(73)63-36(4)40-10-12-41(13-11-40)56-37(5)62-33-78-56)52-28-54(66-77-52)75-21-18-38-17-20-67(35(3)22-38)29-39-23-46(24-39)76-53-25-42(16-19-61-53)70-43-14-15-44(70)31-68(30-43)49-27-48(64-65-57(49)60)47-8-6-7-9-51(47)72/h6-13,16,19,25,27-28,33-36,38-39,43-46,50,55,71-72H,14-15,17-18,20-24,26,29-32H2,1-5H3,(H2,60,65)(H,63,73)/t35-,36-,38-,39?,43+,44?,45+,46?,50-,55+/m0/s1. The molecule has 11 rings (SSSR count). The zero-order valence-corrected chi connectivity index (χ0v) is 46.1. The summed E-state index contributed by atoms with van der Waals surface area (Å²) in [5, 5.41) is 37.1. The van der Waals surface area contributed by atoms with Gasteiger partial charge in [-0.2, -0.15) is 0 Å². The Hall–Kier alpha value is -6.83. The van der Waals surface area contributed by atoms with Gasteiger partial charge in [0.1, 0.15) is 23.8 Å². The lowest BCUT2D eigenvalue weighted by Gasteiger charge is -2.44. The predicted octanol–water partition coefficient (Wildman–Crippen LogP) is 8.41. The Morgan fingerprint density at radius 2 is 1.69 bits per heavy atom. The van der Waals surface area contributed by atoms with E-state index in [0.29, 0.717) is 71.2 Å². The van der Waals surface area contributed by atoms with Gasteiger partial charge in [-0.05, 0) is 131 Å². The molecule has 2 aromatic carbocycles. The molecule has 0 spiro atoms. The summed E-state index contributed by atoms with van der Waals surface area (Å²) in [6.45, 7) is 14.4. The highest BCUT2D eigenvalue weighted by Gasteiger charge is 2.45. The topological polar surface area (TPSA) is 222 Å². The summed E-state index contributed by atoms with van der Waals surface area (Å²) in [6, 6.07) is 23.0. The number of phenols is 1. The lowest BCUT2D eigenvalue weighted by molar-refractivity contribution is -0.141. The molecule has 2 amide bonds. The third kappa shape index (κ3) is 11.4. The lowest BCUT2D eigenvalue weighted by atomic mass is 9.80. The number of anilines is 3. The van der Waals surface area contributed by atoms with Gasteiger partial charge in [0, 0.05) is 80.3 Å². The predicted molar refractivity (Wildman–Crippen MR) is 299 cm³/mol. The number of aryl methyl sites for hydroxylation is 1. The molecule has 78 heavy (non-hydrogen) atoms. The number of ether oxygens (including phenoxy) is 2. The average Bonchev–Trinajstić information content (AvgIpc) is 4.34. The first kappa shape index (κ1) is 53.2. The van der Waals surface area contributed by atoms with E-state index in [0.717, 1.165) is 104 Å². The number of fused-ring (bicyclic) bond motifs is 2. The number of aliphatic hydroxyl groups is 1. The van der Waals surface area contributed by atoms with E-state index >= 15 is 0 Å². The van der Waals surface area contributed by atoms with Crippen LogP contribution in [0.5, 0.6) is 17.5 Å². The molecule has 4 aliphatic heterocycles. The van der Waals surface area contributed by atoms with Crippen LogP contribution >= 0.6 is 11.3 Å². The first-order valence-electron chi connectivity index (χ1n) is 27.9. The molecular formula is C59H73N11O7S. The molecule has 5 N–H and O–H groups in total. The van der Waals surface area contributed by atoms with Gasteiger partial charge in [-0.1, -0.05) is 50.2 Å². The van der Waals surface area contributed by atoms with Crippen molar-refractivity contribution < 1.29 is 33.8 Å². The second-order valence-corrected chi connectivity index (χ2v) is 23.7. The number of amides is 2. The summed E-state index contributed by atoms with van der Waals surface area (Å²) in [6.07, 6.45) is 8.65. The molecule has 1 aliphatic carbocycles. The Morgan fingerprint density at radius 1 is 0.910 bits per heavy atom. The summed E-state index contributed by atoms with van der Waals surface area (Å²) in [4.78, 5) is 47.2. The number of para-hydroxylation sites is 1. The fourth-order valence-electron chi connectivity index (χ4n) is 12.8. The smallest absolute Gasteiger partial charge is 0.254 e. The molecule has 19 heteroatoms. The van der Waals surface area contributed by atoms with Crippen molar-refractivity contribution in [2.24, 2.45) is 17.8 Å². The lowest BCUT2D eigenvalue weighted by Crippen LogP contribution is -2.54. The number of aromatic hydroxyl groups is 1. The van der Waals surface area contributed by atoms with Crippen molar-refractivity contribution in [1.29, 1.82) is 0 Å². The first-order chi connectivity index (χ1) is 37.7. The Balaban J connectivity index is 0.610. The van der Waals surface area contributed by atoms with Crippen LogP contribution in [0.3, 0.4) is 0 Å². The van der Waals surface area contributed by atoms with Crippen LogP contribution in [-0.4, -0.2) is 133 Å². The molecule has 5 aliphatic rings. The summed E-state index contributed by atoms with van der Waals surface area (Å²) >= 11 is 1.60. The highest BCUT2D eigenvalue weighted by molar-refractivity contribution is 7.13. The van der Waals surface area contributed by atoms with Crippen molar-refractivity contribution in [1.82, 2.24) is 40.4 Å². The number of nitrogen functional groups attached to an aromatic ring is 1. The van der Waals surface area contributed by atoms with Crippen LogP contribution in [0.25, 0.3) is 21.7 Å². The van der Waals surface area contributed by atoms with Crippen molar-refractivity contribution in [3.05, 3.63) is 102 Å². The van der Waals surface area contributed by atoms with Gasteiger partial charge in [-0.15, -0.1) is 21.5 Å². The molecule has 412 valence electrons. The van der Waals surface area contributed by atoms with E-state index in [1.807, 2.05) is 81.9 Å². The number of benzene rings is 2. The number of nitrogens with two attached hydrogens (primary N) is 1. The SMILES string of the molecule is Cc1ncsc1-c1ccc([C@H](C)NC(=O)[C@@H]2C[C@@H](O)CN2C(=O)[C@@H](c2cc(OCC[C@@H]3CCN(CC4CC(Oc5cc(N6C7CC[C@@H]6CN(c6cc(-c8ccccc8O)nnc6N)C7)ccn5)C4)[C@@H](C)C3)no2)C(C)C)cc1. The van der Waals surface area contributed by atoms with Crippen molar-refractivity contribution in [2.45, 2.75) is 134 Å². The number of phenolic OH excluding ortho intramolecular Hbond substituents is 1. The fraction of sp³-hybridized carbons (Fsp3) is 0.508. The minimum Gasteiger partial charge on any atom is -0.507 e. The number of β-amino-alcohol motifs (C(OH)–C–C–N with tert-alkyl or cyclic N) is 1. The van der Waals surface area contributed by atoms with Crippen LogP contribution in [0.4, 0.5) is 17.2 Å². The van der Waals surface area contributed by atoms with Crippen LogP contribution in [0.15, 0.2) is 89.0 Å². The second-order valence-electron chi connectivity index (χ2n) is 22.8. The maximum Gasteiger partial charge on any atom is 0.254 e. The van der Waals surface area contributed by atoms with E-state index in [-0.39, 0.29) is 48.6 Å². The number of nitrogens with one attached hydrogen (secondary N) is 1. The maximum absolute atomic E-state index is 14.3. The first-order valence-corrected chi connectivity index (χ1v) is 28.8. The van der Waals surface area contributed by atoms with E-state index in [1.54, 1.807) is 29.5 Å². The summed E-state index contributed by atoms with van der Waals surface area (Å²) in [7, 11) is 0. The second kappa shape index (κ2) is 22.9. The van der Waals surface area contributed by atoms with Crippen molar-refractivity contribution in [3.8, 4) is 39.2 Å². The van der Waals surface area contributed by atoms with Crippen LogP contribution in [0.2, 0.25) is 0 Å². The number of aliphatic hydroxyl groups excluding tert-OH is 1. The Kier molecular flexibility index (Phi) is 15.6. The van der Waals surface area contributed by atoms with Crippen LogP contribution in [-0.2, 0) is 9.59 Å². The van der Waals surface area contributed by atoms with Gasteiger partial charge in [0.15, 0.2) is 11.6 Å². The van der Waals surface area contributed by atoms with Crippen molar-refractivity contribution in [3.63, 3.8) is 0 Å². The fourth-order valence-corrected chi connectivity index (χ4v) is 13.6. The Labute approximate surface area is 460 Å². The number of aromatic nitrogens is 5. The van der Waals surface area contributed by atoms with Crippen molar-refractivity contribution >= 4 is 40.3 Å². The largest absolute Gasteiger partial charge is 0.507 e. The van der Waals surface area contributed by atoms with E-state index in [1.165, 1.54) is 4.90 Å². The third-order valence-electron chi connectivity index (χ3n) is 17.1. The minimum absolute atomic E-state index is 0.0623. The van der Waals surface area contributed by atoms with Gasteiger partial charge in [0.2, 0.25) is 17.7 Å². The maximum atomic E-state index is 14.3. The number of carbonyl (C=O) groups excluding carboxylic acids is 2. The molecule has 8 atom stereocenters. The molecule has 0 radical (unpaired) electrons. The van der Waals surface area contributed by atoms with E-state index < -0.39 is 18.1 Å². The summed E-state index contributed by atoms with van der Waals surface area (Å²) in [5.74, 6) is 1.62. The molecule has 4 aromatic heterocycles. The number of hydrogen-bond donors (Lipinski definition) is 4. The number of nitrogens with zero attached hydrogens (tertiary/aromatic N) is 9. The number of hydrogen-bond acceptors (Lipinski definition) is 17. The van der Waals surface area contributed by atoms with Crippen LogP contribution < -0.4 is 30.3 Å². The van der Waals surface area contributed by atoms with Gasteiger partial charge in [0.05, 0.1) is 46.2 Å². The molecule has 2 bridgehead atoms. The average molecular weight is 1080 g/mol. The molecule has 8 heterocycles. The molecule has 1 saturated carbocycles. The molecule has 4 saturated heterocycles. The normalized spacial score (nSPS) is 25.0. The number of thiazole rings is 1. The van der Waals surface area contributed by atoms with Crippen LogP contribution in [0, 0.1) is 24.7 Å². The number of piperidine rings is 1. The van der Waals surface area contributed by atoms with Gasteiger partial charge in [-0.3, -0.25) is 9.59 Å². The quantitative estimate of drug-likeness (QED) is 0.0634. The molecule has 18 nitrogen and oxygen atoms in total. The molecule has 5 fully saturated rings. The van der Waals surface area contributed by atoms with Gasteiger partial charge >= 0.3 is 0 Å². The number of pyridine rings is 1. The van der Waals surface area contributed by atoms with Gasteiger partial charge in [0.25, 0.3) is 5.88 Å². The van der Waals surface area contributed by atoms with E-state index in [9.17, 15) is 19.8 Å². The highest BCUT2D eigenvalue weighted by Crippen LogP contribution is 2.41. The van der Waals surface area contributed by atoms with E-state index in [2.05, 4.69) is 64.4 Å². The molecular weight excluding hydrogens is 1010 g/mol. The highest BCUT2D eigenvalue weighted by atomic mass is 32.1. The summed E-state index contributed by atoms with van der Waals surface area (Å²) in [5.41, 5.74) is 14.5. The zero-order valence-electron chi connectivity index (χ0n) is 45.3. The third-order valence-corrected chi connectivity index (χ3v) is 18.1. The number of rotatable bonds is 18. The van der Waals surface area contributed by atoms with Gasteiger partial charge in [-0.25, -0.2) is 9.97 Å². The summed E-state index contributed by atoms with van der Waals surface area (Å²) < 4.78 is 18.4. The Morgan fingerprint density at radius 3 is 2.42 bits per heavy atom. The zero-order chi connectivity index (χ0) is 54.2. The van der Waals surface area contributed by atoms with Crippen molar-refractivity contribution in [2.75, 3.05) is 54.9 Å². The number of likely N-dealkylation sites (tertiary alicyclic amines) is 2. The van der Waals surface area contributed by atoms with Crippen LogP contribution in [0.1, 0.15) is 108 Å². The molecule has 1 unspecified atom stereocenters. The molecule has 6 aromatic rings. The Bertz CT molecular complexity index is 3040. The van der Waals surface area contributed by atoms with E-state index in [4.69, 9.17) is 19.7 Å². The monoisotopic (exact) mass is 1080 g/mol. The minimum atomic E-state index is -0.821. The van der Waals surface area contributed by atoms with Gasteiger partial charge < -0.3 is 54.9 Å². The number of carbonyl (C=O) groups is 2. The number of piperazine rings is 1.